The van der Waals surface area contributed by atoms with Gasteiger partial charge in [-0.15, -0.1) is 0 Å². The van der Waals surface area contributed by atoms with Crippen molar-refractivity contribution in [1.82, 2.24) is 14.1 Å². The Bertz CT molecular complexity index is 4490. The number of aromatic nitrogens is 3. The average molecular weight is 1000 g/mol. The SMILES string of the molecule is CC(C)(C)c1ccnc(-n2c3cc(C(C)(C)c4cccc(N5CN(c6c(-c7ccccc7)cccc6-c6ccccc6)c6ccccc65)c4)ccc3c3c4c(ccc32)-n2c3ccccc3c3cccc(c32)-c2ccccc2-4)c1. The van der Waals surface area contributed by atoms with Gasteiger partial charge in [0, 0.05) is 61.1 Å². The Labute approximate surface area is 455 Å². The Balaban J connectivity index is 0.904. The van der Waals surface area contributed by atoms with E-state index in [4.69, 9.17) is 4.98 Å². The molecule has 0 spiro atoms. The molecule has 78 heavy (non-hydrogen) atoms. The Morgan fingerprint density at radius 2 is 1.00 bits per heavy atom. The predicted octanol–water partition coefficient (Wildman–Crippen LogP) is 19.1. The van der Waals surface area contributed by atoms with Crippen LogP contribution < -0.4 is 9.80 Å². The lowest BCUT2D eigenvalue weighted by molar-refractivity contribution is 0.588. The second-order valence-corrected chi connectivity index (χ2v) is 22.8. The Kier molecular flexibility index (Phi) is 10.2. The number of hydrogen-bond acceptors (Lipinski definition) is 3. The summed E-state index contributed by atoms with van der Waals surface area (Å²) in [5.41, 5.74) is 23.6. The van der Waals surface area contributed by atoms with Crippen molar-refractivity contribution in [3.05, 3.63) is 259 Å². The van der Waals surface area contributed by atoms with Gasteiger partial charge in [0.15, 0.2) is 0 Å². The van der Waals surface area contributed by atoms with E-state index in [0.717, 1.165) is 22.5 Å². The molecular weight excluding hydrogens is 947 g/mol. The fraction of sp³-hybridized carbons (Fsp3) is 0.110. The highest BCUT2D eigenvalue weighted by Crippen LogP contribution is 2.53. The van der Waals surface area contributed by atoms with E-state index in [-0.39, 0.29) is 5.41 Å². The van der Waals surface area contributed by atoms with Crippen molar-refractivity contribution in [2.75, 3.05) is 16.5 Å². The summed E-state index contributed by atoms with van der Waals surface area (Å²) in [6, 6.07) is 87.7. The normalized spacial score (nSPS) is 13.1. The van der Waals surface area contributed by atoms with E-state index in [1.807, 2.05) is 6.20 Å². The molecule has 0 unspecified atom stereocenters. The van der Waals surface area contributed by atoms with Crippen molar-refractivity contribution >= 4 is 66.4 Å². The number of anilines is 4. The molecule has 10 aromatic carbocycles. The molecule has 0 fully saturated rings. The highest BCUT2D eigenvalue weighted by molar-refractivity contribution is 6.23. The van der Waals surface area contributed by atoms with Gasteiger partial charge in [-0.3, -0.25) is 4.57 Å². The standard InChI is InChI=1S/C73H57N5/c1-72(2,3)49-41-42-74-67(45-49)77-64-39-40-65-68(57-29-13-12-27-55(57)58-32-20-33-59-56-28-14-15-34-61(56)78(65)71(58)59)69(64)60-38-37-51(44-66(60)77)73(4,5)50-25-18-26-52(43-50)75-46-76(63-36-17-16-35-62(63)75)70-53(47-21-8-6-9-22-47)30-19-31-54(70)48-23-10-7-11-24-48/h6-45H,46H2,1-5H3. The van der Waals surface area contributed by atoms with Crippen LogP contribution in [0.5, 0.6) is 0 Å². The number of rotatable bonds is 7. The minimum atomic E-state index is -0.397. The van der Waals surface area contributed by atoms with Gasteiger partial charge in [-0.25, -0.2) is 4.98 Å². The summed E-state index contributed by atoms with van der Waals surface area (Å²) in [4.78, 5) is 10.2. The minimum Gasteiger partial charge on any atom is -0.321 e. The van der Waals surface area contributed by atoms with Crippen LogP contribution in [-0.2, 0) is 10.8 Å². The second kappa shape index (κ2) is 17.3. The molecular formula is C73H57N5. The molecule has 0 N–H and O–H groups in total. The highest BCUT2D eigenvalue weighted by Gasteiger charge is 2.34. The van der Waals surface area contributed by atoms with Gasteiger partial charge in [-0.1, -0.05) is 211 Å². The van der Waals surface area contributed by atoms with Crippen molar-refractivity contribution in [2.45, 2.75) is 45.4 Å². The summed E-state index contributed by atoms with van der Waals surface area (Å²) < 4.78 is 4.97. The zero-order valence-corrected chi connectivity index (χ0v) is 44.5. The van der Waals surface area contributed by atoms with Crippen LogP contribution in [0.3, 0.4) is 0 Å². The van der Waals surface area contributed by atoms with Crippen LogP contribution in [0, 0.1) is 0 Å². The second-order valence-electron chi connectivity index (χ2n) is 22.8. The number of nitrogens with zero attached hydrogens (tertiary/aromatic N) is 5. The number of para-hydroxylation sites is 5. The molecule has 2 aliphatic rings. The quantitative estimate of drug-likeness (QED) is 0.159. The van der Waals surface area contributed by atoms with Crippen LogP contribution in [0.1, 0.15) is 51.3 Å². The lowest BCUT2D eigenvalue weighted by Gasteiger charge is -2.29. The van der Waals surface area contributed by atoms with Gasteiger partial charge in [-0.05, 0) is 105 Å². The first-order valence-electron chi connectivity index (χ1n) is 27.3. The Morgan fingerprint density at radius 3 is 1.76 bits per heavy atom. The summed E-state index contributed by atoms with van der Waals surface area (Å²) in [7, 11) is 0. The number of fused-ring (bicyclic) bond motifs is 13. The molecule has 3 aromatic heterocycles. The van der Waals surface area contributed by atoms with Crippen molar-refractivity contribution in [2.24, 2.45) is 0 Å². The van der Waals surface area contributed by atoms with E-state index >= 15 is 0 Å². The number of pyridine rings is 1. The third-order valence-corrected chi connectivity index (χ3v) is 17.0. The average Bonchev–Trinajstić information content (AvgIpc) is 4.29. The maximum Gasteiger partial charge on any atom is 0.137 e. The molecule has 5 nitrogen and oxygen atoms in total. The zero-order valence-electron chi connectivity index (χ0n) is 44.5. The first kappa shape index (κ1) is 45.9. The molecule has 13 aromatic rings. The summed E-state index contributed by atoms with van der Waals surface area (Å²) in [5.74, 6) is 0.917. The topological polar surface area (TPSA) is 29.2 Å². The Morgan fingerprint density at radius 1 is 0.385 bits per heavy atom. The van der Waals surface area contributed by atoms with Gasteiger partial charge in [0.2, 0.25) is 0 Å². The first-order valence-corrected chi connectivity index (χ1v) is 27.3. The molecule has 0 bridgehead atoms. The van der Waals surface area contributed by atoms with Gasteiger partial charge >= 0.3 is 0 Å². The summed E-state index contributed by atoms with van der Waals surface area (Å²) >= 11 is 0. The van der Waals surface area contributed by atoms with E-state index in [1.54, 1.807) is 0 Å². The summed E-state index contributed by atoms with van der Waals surface area (Å²) in [6.07, 6.45) is 1.99. The number of benzene rings is 10. The van der Waals surface area contributed by atoms with Crippen LogP contribution in [0.25, 0.3) is 99.6 Å². The molecule has 0 aliphatic carbocycles. The zero-order chi connectivity index (χ0) is 52.4. The molecule has 15 rings (SSSR count). The van der Waals surface area contributed by atoms with E-state index in [1.165, 1.54) is 117 Å². The molecule has 0 saturated heterocycles. The maximum absolute atomic E-state index is 5.21. The molecule has 0 radical (unpaired) electrons. The summed E-state index contributed by atoms with van der Waals surface area (Å²) in [6.45, 7) is 12.3. The highest BCUT2D eigenvalue weighted by atomic mass is 15.4. The monoisotopic (exact) mass is 1000 g/mol. The van der Waals surface area contributed by atoms with Crippen molar-refractivity contribution in [3.63, 3.8) is 0 Å². The lowest BCUT2D eigenvalue weighted by atomic mass is 9.77. The molecule has 5 heteroatoms. The Hall–Kier alpha value is -9.45. The van der Waals surface area contributed by atoms with Crippen molar-refractivity contribution in [3.8, 4) is 56.0 Å². The lowest BCUT2D eigenvalue weighted by Crippen LogP contribution is -2.25. The molecule has 374 valence electrons. The maximum atomic E-state index is 5.21. The van der Waals surface area contributed by atoms with Crippen LogP contribution in [0.4, 0.5) is 22.7 Å². The fourth-order valence-corrected chi connectivity index (χ4v) is 13.0. The van der Waals surface area contributed by atoms with E-state index in [2.05, 4.69) is 290 Å². The van der Waals surface area contributed by atoms with Gasteiger partial charge in [-0.2, -0.15) is 0 Å². The first-order chi connectivity index (χ1) is 38.1. The third kappa shape index (κ3) is 6.90. The molecule has 0 atom stereocenters. The van der Waals surface area contributed by atoms with Crippen LogP contribution in [-0.4, -0.2) is 20.8 Å². The smallest absolute Gasteiger partial charge is 0.137 e. The van der Waals surface area contributed by atoms with Crippen molar-refractivity contribution < 1.29 is 0 Å². The van der Waals surface area contributed by atoms with Crippen LogP contribution in [0.15, 0.2) is 243 Å². The summed E-state index contributed by atoms with van der Waals surface area (Å²) in [5, 5.41) is 4.96. The van der Waals surface area contributed by atoms with Gasteiger partial charge in [0.1, 0.15) is 12.5 Å². The van der Waals surface area contributed by atoms with Gasteiger partial charge in [0.05, 0.1) is 44.8 Å². The van der Waals surface area contributed by atoms with Crippen molar-refractivity contribution in [1.29, 1.82) is 0 Å². The third-order valence-electron chi connectivity index (χ3n) is 17.0. The van der Waals surface area contributed by atoms with E-state index < -0.39 is 5.41 Å². The van der Waals surface area contributed by atoms with Gasteiger partial charge < -0.3 is 14.4 Å². The molecule has 5 heterocycles. The largest absolute Gasteiger partial charge is 0.321 e. The molecule has 2 aliphatic heterocycles. The van der Waals surface area contributed by atoms with E-state index in [0.29, 0.717) is 6.67 Å². The molecule has 0 saturated carbocycles. The van der Waals surface area contributed by atoms with Gasteiger partial charge in [0.25, 0.3) is 0 Å². The number of hydrogen-bond donors (Lipinski definition) is 0. The molecule has 0 amide bonds. The van der Waals surface area contributed by atoms with Crippen LogP contribution in [0.2, 0.25) is 0 Å². The fourth-order valence-electron chi connectivity index (χ4n) is 13.0. The van der Waals surface area contributed by atoms with E-state index in [9.17, 15) is 0 Å². The predicted molar refractivity (Wildman–Crippen MR) is 328 cm³/mol. The van der Waals surface area contributed by atoms with Crippen LogP contribution >= 0.6 is 0 Å². The minimum absolute atomic E-state index is 0.0698.